The van der Waals surface area contributed by atoms with Crippen molar-refractivity contribution >= 4 is 17.0 Å². The van der Waals surface area contributed by atoms with Crippen LogP contribution in [0, 0.1) is 13.8 Å². The molecule has 0 saturated heterocycles. The fraction of sp³-hybridized carbons (Fsp3) is 0.444. The summed E-state index contributed by atoms with van der Waals surface area (Å²) in [5, 5.41) is 1.00. The molecule has 1 heterocycles. The van der Waals surface area contributed by atoms with E-state index in [2.05, 4.69) is 56.9 Å². The lowest BCUT2D eigenvalue weighted by Crippen LogP contribution is -2.24. The molecule has 0 bridgehead atoms. The molecule has 0 aliphatic heterocycles. The lowest BCUT2D eigenvalue weighted by atomic mass is 10.2. The van der Waals surface area contributed by atoms with Crippen LogP contribution in [0.5, 0.6) is 10.8 Å². The minimum atomic E-state index is 0.926. The molecular weight excluding hydrogens is 278 g/mol. The maximum atomic E-state index is 6.07. The zero-order valence-electron chi connectivity index (χ0n) is 13.5. The summed E-state index contributed by atoms with van der Waals surface area (Å²) < 4.78 is 6.07. The van der Waals surface area contributed by atoms with Crippen LogP contribution in [-0.4, -0.2) is 13.1 Å². The Morgan fingerprint density at radius 2 is 1.76 bits per heavy atom. The van der Waals surface area contributed by atoms with Crippen LogP contribution in [0.25, 0.3) is 0 Å². The second-order valence-corrected chi connectivity index (χ2v) is 6.63. The summed E-state index contributed by atoms with van der Waals surface area (Å²) in [7, 11) is 0. The highest BCUT2D eigenvalue weighted by Crippen LogP contribution is 2.34. The van der Waals surface area contributed by atoms with Gasteiger partial charge in [0.1, 0.15) is 5.75 Å². The molecule has 0 aliphatic rings. The highest BCUT2D eigenvalue weighted by molar-refractivity contribution is 7.14. The van der Waals surface area contributed by atoms with E-state index in [0.29, 0.717) is 0 Å². The summed E-state index contributed by atoms with van der Waals surface area (Å²) >= 11 is 1.71. The van der Waals surface area contributed by atoms with Crippen LogP contribution < -0.4 is 9.64 Å². The number of benzene rings is 1. The van der Waals surface area contributed by atoms with E-state index in [1.54, 1.807) is 11.3 Å². The summed E-state index contributed by atoms with van der Waals surface area (Å²) in [4.78, 5) is 3.72. The van der Waals surface area contributed by atoms with Gasteiger partial charge in [-0.1, -0.05) is 19.9 Å². The molecule has 0 aliphatic carbocycles. The smallest absolute Gasteiger partial charge is 0.184 e. The van der Waals surface area contributed by atoms with Crippen LogP contribution in [0.2, 0.25) is 0 Å². The van der Waals surface area contributed by atoms with Crippen LogP contribution in [0.3, 0.4) is 0 Å². The molecule has 0 spiro atoms. The van der Waals surface area contributed by atoms with E-state index < -0.39 is 0 Å². The highest BCUT2D eigenvalue weighted by atomic mass is 32.1. The molecule has 1 aromatic carbocycles. The van der Waals surface area contributed by atoms with E-state index in [9.17, 15) is 0 Å². The monoisotopic (exact) mass is 303 g/mol. The topological polar surface area (TPSA) is 12.5 Å². The van der Waals surface area contributed by atoms with Gasteiger partial charge in [0, 0.05) is 35.3 Å². The Labute approximate surface area is 132 Å². The van der Waals surface area contributed by atoms with Gasteiger partial charge in [0.2, 0.25) is 0 Å². The SMILES string of the molecule is CCCN(CCC)c1cccc(Oc2sc(C)cc2C)c1. The van der Waals surface area contributed by atoms with Crippen molar-refractivity contribution in [2.75, 3.05) is 18.0 Å². The van der Waals surface area contributed by atoms with Gasteiger partial charge in [-0.2, -0.15) is 0 Å². The third-order valence-corrected chi connectivity index (χ3v) is 4.41. The van der Waals surface area contributed by atoms with E-state index in [0.717, 1.165) is 36.7 Å². The Bertz CT molecular complexity index is 570. The zero-order chi connectivity index (χ0) is 15.2. The van der Waals surface area contributed by atoms with Gasteiger partial charge in [-0.15, -0.1) is 11.3 Å². The van der Waals surface area contributed by atoms with Gasteiger partial charge >= 0.3 is 0 Å². The number of ether oxygens (including phenoxy) is 1. The van der Waals surface area contributed by atoms with Crippen molar-refractivity contribution in [2.45, 2.75) is 40.5 Å². The maximum absolute atomic E-state index is 6.07. The summed E-state index contributed by atoms with van der Waals surface area (Å²) in [5.74, 6) is 0.926. The summed E-state index contributed by atoms with van der Waals surface area (Å²) in [6, 6.07) is 10.6. The molecule has 0 saturated carbocycles. The summed E-state index contributed by atoms with van der Waals surface area (Å²) in [6.07, 6.45) is 2.32. The van der Waals surface area contributed by atoms with E-state index >= 15 is 0 Å². The number of rotatable bonds is 7. The first-order valence-corrected chi connectivity index (χ1v) is 8.55. The first kappa shape index (κ1) is 15.9. The van der Waals surface area contributed by atoms with Gasteiger partial charge < -0.3 is 9.64 Å². The number of hydrogen-bond donors (Lipinski definition) is 0. The molecule has 2 rings (SSSR count). The minimum absolute atomic E-state index is 0.926. The number of anilines is 1. The van der Waals surface area contributed by atoms with Gasteiger partial charge in [0.25, 0.3) is 0 Å². The van der Waals surface area contributed by atoms with Gasteiger partial charge in [0.05, 0.1) is 0 Å². The molecule has 0 fully saturated rings. The van der Waals surface area contributed by atoms with E-state index in [1.807, 2.05) is 6.07 Å². The number of nitrogens with zero attached hydrogens (tertiary/aromatic N) is 1. The quantitative estimate of drug-likeness (QED) is 0.642. The normalized spacial score (nSPS) is 10.7. The molecule has 1 aromatic heterocycles. The zero-order valence-corrected chi connectivity index (χ0v) is 14.3. The average molecular weight is 303 g/mol. The van der Waals surface area contributed by atoms with Crippen molar-refractivity contribution in [3.63, 3.8) is 0 Å². The van der Waals surface area contributed by atoms with Gasteiger partial charge in [-0.05, 0) is 44.9 Å². The molecule has 0 atom stereocenters. The second kappa shape index (κ2) is 7.51. The van der Waals surface area contributed by atoms with E-state index in [4.69, 9.17) is 4.74 Å². The number of hydrogen-bond acceptors (Lipinski definition) is 3. The molecule has 0 unspecified atom stereocenters. The van der Waals surface area contributed by atoms with Crippen LogP contribution in [0.4, 0.5) is 5.69 Å². The lowest BCUT2D eigenvalue weighted by Gasteiger charge is -2.24. The molecule has 0 N–H and O–H groups in total. The number of thiophene rings is 1. The largest absolute Gasteiger partial charge is 0.446 e. The fourth-order valence-corrected chi connectivity index (χ4v) is 3.37. The van der Waals surface area contributed by atoms with Crippen molar-refractivity contribution in [1.82, 2.24) is 0 Å². The molecule has 0 amide bonds. The Hall–Kier alpha value is -1.48. The lowest BCUT2D eigenvalue weighted by molar-refractivity contribution is 0.493. The Morgan fingerprint density at radius 1 is 1.05 bits per heavy atom. The standard InChI is InChI=1S/C18H25NOS/c1-5-10-19(11-6-2)16-8-7-9-17(13-16)20-18-14(3)12-15(4)21-18/h7-9,12-13H,5-6,10-11H2,1-4H3. The Kier molecular flexibility index (Phi) is 5.68. The Morgan fingerprint density at radius 3 is 2.33 bits per heavy atom. The van der Waals surface area contributed by atoms with Crippen LogP contribution in [-0.2, 0) is 0 Å². The van der Waals surface area contributed by atoms with Crippen LogP contribution in [0.15, 0.2) is 30.3 Å². The predicted molar refractivity (Wildman–Crippen MR) is 93.1 cm³/mol. The van der Waals surface area contributed by atoms with Crippen LogP contribution >= 0.6 is 11.3 Å². The molecule has 3 heteroatoms. The fourth-order valence-electron chi connectivity index (χ4n) is 2.48. The van der Waals surface area contributed by atoms with Gasteiger partial charge in [0.15, 0.2) is 5.06 Å². The van der Waals surface area contributed by atoms with Crippen molar-refractivity contribution in [1.29, 1.82) is 0 Å². The first-order valence-electron chi connectivity index (χ1n) is 7.74. The third kappa shape index (κ3) is 4.24. The van der Waals surface area contributed by atoms with E-state index in [1.165, 1.54) is 16.1 Å². The molecular formula is C18H25NOS. The van der Waals surface area contributed by atoms with Gasteiger partial charge in [-0.3, -0.25) is 0 Å². The molecule has 2 aromatic rings. The summed E-state index contributed by atoms with van der Waals surface area (Å²) in [6.45, 7) is 10.8. The highest BCUT2D eigenvalue weighted by Gasteiger charge is 2.08. The maximum Gasteiger partial charge on any atom is 0.184 e. The predicted octanol–water partition coefficient (Wildman–Crippen LogP) is 5.78. The van der Waals surface area contributed by atoms with Crippen molar-refractivity contribution in [3.05, 3.63) is 40.8 Å². The summed E-state index contributed by atoms with van der Waals surface area (Å²) in [5.41, 5.74) is 2.46. The third-order valence-electron chi connectivity index (χ3n) is 3.38. The molecule has 2 nitrogen and oxygen atoms in total. The van der Waals surface area contributed by atoms with Crippen molar-refractivity contribution in [2.24, 2.45) is 0 Å². The van der Waals surface area contributed by atoms with E-state index in [-0.39, 0.29) is 0 Å². The molecule has 114 valence electrons. The number of aryl methyl sites for hydroxylation is 2. The van der Waals surface area contributed by atoms with Crippen LogP contribution in [0.1, 0.15) is 37.1 Å². The molecule has 21 heavy (non-hydrogen) atoms. The van der Waals surface area contributed by atoms with Crippen molar-refractivity contribution in [3.8, 4) is 10.8 Å². The molecule has 0 radical (unpaired) electrons. The first-order chi connectivity index (χ1) is 10.1. The second-order valence-electron chi connectivity index (χ2n) is 5.41. The Balaban J connectivity index is 2.18. The average Bonchev–Trinajstić information content (AvgIpc) is 2.77. The minimum Gasteiger partial charge on any atom is -0.446 e. The van der Waals surface area contributed by atoms with Crippen molar-refractivity contribution < 1.29 is 4.74 Å². The van der Waals surface area contributed by atoms with Gasteiger partial charge in [-0.25, -0.2) is 0 Å².